The highest BCUT2D eigenvalue weighted by Gasteiger charge is 2.20. The standard InChI is InChI=1S/C12H12N2O2.ClH/c13-12(15)8-3-1-2-7-9-6-14-5-4-10(9)16-11(7)8;/h1-3,14H,4-6H2,(H2,13,15);1H. The minimum absolute atomic E-state index is 0. The van der Waals surface area contributed by atoms with Crippen LogP contribution in [0.2, 0.25) is 0 Å². The van der Waals surface area contributed by atoms with E-state index in [1.165, 1.54) is 0 Å². The number of hydrogen-bond donors (Lipinski definition) is 2. The van der Waals surface area contributed by atoms with Crippen LogP contribution in [-0.2, 0) is 13.0 Å². The molecule has 1 amide bonds. The largest absolute Gasteiger partial charge is 0.460 e. The van der Waals surface area contributed by atoms with Crippen molar-refractivity contribution in [3.05, 3.63) is 35.1 Å². The second-order valence-corrected chi connectivity index (χ2v) is 3.98. The number of benzene rings is 1. The second kappa shape index (κ2) is 4.39. The maximum atomic E-state index is 11.3. The molecule has 2 aromatic rings. The summed E-state index contributed by atoms with van der Waals surface area (Å²) in [6.07, 6.45) is 0.863. The van der Waals surface area contributed by atoms with Crippen molar-refractivity contribution < 1.29 is 9.21 Å². The first-order valence-electron chi connectivity index (χ1n) is 5.31. The first kappa shape index (κ1) is 12.0. The lowest BCUT2D eigenvalue weighted by molar-refractivity contribution is 0.100. The van der Waals surface area contributed by atoms with Crippen molar-refractivity contribution >= 4 is 29.3 Å². The molecule has 4 nitrogen and oxygen atoms in total. The third kappa shape index (κ3) is 1.79. The van der Waals surface area contributed by atoms with Gasteiger partial charge < -0.3 is 15.5 Å². The molecular weight excluding hydrogens is 240 g/mol. The van der Waals surface area contributed by atoms with Crippen LogP contribution in [0, 0.1) is 0 Å². The van der Waals surface area contributed by atoms with Gasteiger partial charge in [0, 0.05) is 30.5 Å². The Kier molecular flexibility index (Phi) is 3.09. The predicted octanol–water partition coefficient (Wildman–Crippen LogP) is 1.60. The Morgan fingerprint density at radius 2 is 2.24 bits per heavy atom. The molecule has 3 rings (SSSR count). The van der Waals surface area contributed by atoms with E-state index in [1.54, 1.807) is 6.07 Å². The Morgan fingerprint density at radius 3 is 3.00 bits per heavy atom. The Labute approximate surface area is 105 Å². The summed E-state index contributed by atoms with van der Waals surface area (Å²) in [6, 6.07) is 5.51. The molecule has 1 aliphatic rings. The summed E-state index contributed by atoms with van der Waals surface area (Å²) in [5.74, 6) is 0.534. The summed E-state index contributed by atoms with van der Waals surface area (Å²) < 4.78 is 5.74. The number of carbonyl (C=O) groups excluding carboxylic acids is 1. The second-order valence-electron chi connectivity index (χ2n) is 3.98. The number of primary amides is 1. The van der Waals surface area contributed by atoms with Gasteiger partial charge in [-0.25, -0.2) is 0 Å². The number of furan rings is 1. The number of nitrogens with two attached hydrogens (primary N) is 1. The lowest BCUT2D eigenvalue weighted by Crippen LogP contribution is -2.22. The van der Waals surface area contributed by atoms with Gasteiger partial charge in [0.1, 0.15) is 11.3 Å². The van der Waals surface area contributed by atoms with Gasteiger partial charge in [0.2, 0.25) is 0 Å². The van der Waals surface area contributed by atoms with Crippen molar-refractivity contribution in [2.24, 2.45) is 5.73 Å². The average molecular weight is 253 g/mol. The van der Waals surface area contributed by atoms with Crippen LogP contribution >= 0.6 is 12.4 Å². The molecule has 1 aliphatic heterocycles. The zero-order chi connectivity index (χ0) is 11.1. The number of fused-ring (bicyclic) bond motifs is 3. The highest BCUT2D eigenvalue weighted by atomic mass is 35.5. The molecule has 0 fully saturated rings. The van der Waals surface area contributed by atoms with Crippen LogP contribution in [0.3, 0.4) is 0 Å². The molecule has 0 aliphatic carbocycles. The van der Waals surface area contributed by atoms with Crippen LogP contribution in [0.4, 0.5) is 0 Å². The SMILES string of the molecule is Cl.NC(=O)c1cccc2c3c(oc12)CCNC3. The van der Waals surface area contributed by atoms with E-state index in [0.717, 1.165) is 36.2 Å². The third-order valence-corrected chi connectivity index (χ3v) is 3.00. The molecule has 0 saturated heterocycles. The van der Waals surface area contributed by atoms with E-state index in [0.29, 0.717) is 11.1 Å². The first-order chi connectivity index (χ1) is 7.77. The van der Waals surface area contributed by atoms with Crippen molar-refractivity contribution in [1.29, 1.82) is 0 Å². The average Bonchev–Trinajstić information content (AvgIpc) is 2.67. The van der Waals surface area contributed by atoms with Gasteiger partial charge in [-0.2, -0.15) is 0 Å². The summed E-state index contributed by atoms with van der Waals surface area (Å²) >= 11 is 0. The molecule has 90 valence electrons. The number of carbonyl (C=O) groups is 1. The quantitative estimate of drug-likeness (QED) is 0.810. The van der Waals surface area contributed by atoms with Crippen molar-refractivity contribution in [3.63, 3.8) is 0 Å². The zero-order valence-electron chi connectivity index (χ0n) is 9.16. The van der Waals surface area contributed by atoms with Gasteiger partial charge >= 0.3 is 0 Å². The van der Waals surface area contributed by atoms with Gasteiger partial charge in [-0.1, -0.05) is 12.1 Å². The molecule has 0 atom stereocenters. The van der Waals surface area contributed by atoms with Crippen LogP contribution in [0.5, 0.6) is 0 Å². The summed E-state index contributed by atoms with van der Waals surface area (Å²) in [5.41, 5.74) is 7.57. The number of rotatable bonds is 1. The van der Waals surface area contributed by atoms with Crippen LogP contribution in [0.15, 0.2) is 22.6 Å². The third-order valence-electron chi connectivity index (χ3n) is 3.00. The normalized spacial score (nSPS) is 14.1. The topological polar surface area (TPSA) is 68.3 Å². The van der Waals surface area contributed by atoms with Gasteiger partial charge in [0.05, 0.1) is 5.56 Å². The molecular formula is C12H13ClN2O2. The Balaban J connectivity index is 0.00000108. The minimum atomic E-state index is -0.440. The molecule has 17 heavy (non-hydrogen) atoms. The highest BCUT2D eigenvalue weighted by molar-refractivity contribution is 6.05. The Hall–Kier alpha value is -1.52. The van der Waals surface area contributed by atoms with E-state index in [-0.39, 0.29) is 12.4 Å². The van der Waals surface area contributed by atoms with E-state index in [2.05, 4.69) is 5.32 Å². The van der Waals surface area contributed by atoms with Crippen LogP contribution in [0.1, 0.15) is 21.7 Å². The molecule has 0 bridgehead atoms. The maximum absolute atomic E-state index is 11.3. The van der Waals surface area contributed by atoms with Gasteiger partial charge in [0.25, 0.3) is 5.91 Å². The van der Waals surface area contributed by atoms with Crippen molar-refractivity contribution in [1.82, 2.24) is 5.32 Å². The molecule has 5 heteroatoms. The fraction of sp³-hybridized carbons (Fsp3) is 0.250. The number of para-hydroxylation sites is 1. The molecule has 0 radical (unpaired) electrons. The molecule has 1 aromatic heterocycles. The van der Waals surface area contributed by atoms with Gasteiger partial charge in [-0.15, -0.1) is 12.4 Å². The number of hydrogen-bond acceptors (Lipinski definition) is 3. The predicted molar refractivity (Wildman–Crippen MR) is 67.4 cm³/mol. The summed E-state index contributed by atoms with van der Waals surface area (Å²) in [5, 5.41) is 4.29. The number of nitrogens with one attached hydrogen (secondary N) is 1. The first-order valence-corrected chi connectivity index (χ1v) is 5.31. The Morgan fingerprint density at radius 1 is 1.41 bits per heavy atom. The summed E-state index contributed by atoms with van der Waals surface area (Å²) in [7, 11) is 0. The van der Waals surface area contributed by atoms with Crippen molar-refractivity contribution in [2.75, 3.05) is 6.54 Å². The molecule has 0 unspecified atom stereocenters. The lowest BCUT2D eigenvalue weighted by atomic mass is 10.0. The molecule has 0 spiro atoms. The van der Waals surface area contributed by atoms with Crippen LogP contribution < -0.4 is 11.1 Å². The van der Waals surface area contributed by atoms with E-state index in [9.17, 15) is 4.79 Å². The molecule has 3 N–H and O–H groups in total. The summed E-state index contributed by atoms with van der Waals surface area (Å²) in [6.45, 7) is 1.71. The van der Waals surface area contributed by atoms with Crippen molar-refractivity contribution in [3.8, 4) is 0 Å². The Bertz CT molecular complexity index is 577. The van der Waals surface area contributed by atoms with Crippen LogP contribution in [0.25, 0.3) is 11.0 Å². The number of halogens is 1. The monoisotopic (exact) mass is 252 g/mol. The lowest BCUT2D eigenvalue weighted by Gasteiger charge is -2.10. The molecule has 0 saturated carbocycles. The smallest absolute Gasteiger partial charge is 0.252 e. The highest BCUT2D eigenvalue weighted by Crippen LogP contribution is 2.30. The zero-order valence-corrected chi connectivity index (χ0v) is 9.97. The van der Waals surface area contributed by atoms with Crippen molar-refractivity contribution in [2.45, 2.75) is 13.0 Å². The minimum Gasteiger partial charge on any atom is -0.460 e. The fourth-order valence-corrected chi connectivity index (χ4v) is 2.22. The van der Waals surface area contributed by atoms with E-state index in [1.807, 2.05) is 12.1 Å². The van der Waals surface area contributed by atoms with Gasteiger partial charge in [0.15, 0.2) is 0 Å². The van der Waals surface area contributed by atoms with Gasteiger partial charge in [-0.05, 0) is 6.07 Å². The molecule has 1 aromatic carbocycles. The van der Waals surface area contributed by atoms with E-state index in [4.69, 9.17) is 10.2 Å². The summed E-state index contributed by atoms with van der Waals surface area (Å²) in [4.78, 5) is 11.3. The fourth-order valence-electron chi connectivity index (χ4n) is 2.22. The van der Waals surface area contributed by atoms with Crippen LogP contribution in [-0.4, -0.2) is 12.5 Å². The molecule has 2 heterocycles. The van der Waals surface area contributed by atoms with E-state index < -0.39 is 5.91 Å². The maximum Gasteiger partial charge on any atom is 0.252 e. The van der Waals surface area contributed by atoms with Gasteiger partial charge in [-0.3, -0.25) is 4.79 Å². The number of amides is 1. The van der Waals surface area contributed by atoms with E-state index >= 15 is 0 Å².